The molecule has 3 atom stereocenters. The Morgan fingerprint density at radius 3 is 2.29 bits per heavy atom. The fourth-order valence-electron chi connectivity index (χ4n) is 2.88. The van der Waals surface area contributed by atoms with Gasteiger partial charge in [0.25, 0.3) is 0 Å². The van der Waals surface area contributed by atoms with Crippen molar-refractivity contribution in [2.75, 3.05) is 6.54 Å². The first-order chi connectivity index (χ1) is 9.61. The Labute approximate surface area is 128 Å². The third-order valence-electron chi connectivity index (χ3n) is 4.53. The first kappa shape index (κ1) is 17.8. The van der Waals surface area contributed by atoms with Crippen LogP contribution in [0.1, 0.15) is 60.3 Å². The van der Waals surface area contributed by atoms with Gasteiger partial charge in [-0.05, 0) is 51.9 Å². The molecule has 5 heteroatoms. The number of amides is 2. The third kappa shape index (κ3) is 5.56. The predicted octanol–water partition coefficient (Wildman–Crippen LogP) is 3.10. The molecule has 0 spiro atoms. The molecule has 5 nitrogen and oxygen atoms in total. The second-order valence-corrected chi connectivity index (χ2v) is 7.38. The lowest BCUT2D eigenvalue weighted by molar-refractivity contribution is -0.137. The number of aliphatic carboxylic acids is 1. The summed E-state index contributed by atoms with van der Waals surface area (Å²) in [6.45, 7) is 10.5. The Bertz CT molecular complexity index is 376. The van der Waals surface area contributed by atoms with E-state index in [4.69, 9.17) is 5.11 Å². The van der Waals surface area contributed by atoms with E-state index in [1.54, 1.807) is 4.90 Å². The van der Waals surface area contributed by atoms with Gasteiger partial charge in [0.1, 0.15) is 0 Å². The fourth-order valence-corrected chi connectivity index (χ4v) is 2.88. The van der Waals surface area contributed by atoms with Crippen LogP contribution in [-0.4, -0.2) is 40.1 Å². The summed E-state index contributed by atoms with van der Waals surface area (Å²) < 4.78 is 0. The van der Waals surface area contributed by atoms with Gasteiger partial charge in [-0.2, -0.15) is 0 Å². The maximum Gasteiger partial charge on any atom is 0.318 e. The van der Waals surface area contributed by atoms with Crippen molar-refractivity contribution in [3.8, 4) is 0 Å². The molecule has 0 bridgehead atoms. The molecule has 0 aliphatic heterocycles. The quantitative estimate of drug-likeness (QED) is 0.838. The second-order valence-electron chi connectivity index (χ2n) is 7.38. The average molecular weight is 298 g/mol. The van der Waals surface area contributed by atoms with Crippen molar-refractivity contribution in [3.63, 3.8) is 0 Å². The van der Waals surface area contributed by atoms with Crippen LogP contribution in [0.3, 0.4) is 0 Å². The number of rotatable bonds is 4. The number of hydrogen-bond acceptors (Lipinski definition) is 2. The molecule has 0 heterocycles. The number of urea groups is 1. The minimum absolute atomic E-state index is 0.0250. The highest BCUT2D eigenvalue weighted by molar-refractivity contribution is 5.76. The second kappa shape index (κ2) is 7.14. The van der Waals surface area contributed by atoms with Crippen molar-refractivity contribution in [3.05, 3.63) is 0 Å². The highest BCUT2D eigenvalue weighted by Gasteiger charge is 2.30. The molecule has 1 rings (SSSR count). The van der Waals surface area contributed by atoms with Gasteiger partial charge in [-0.3, -0.25) is 4.79 Å². The topological polar surface area (TPSA) is 69.6 Å². The zero-order chi connectivity index (χ0) is 16.2. The van der Waals surface area contributed by atoms with Crippen LogP contribution in [0, 0.1) is 11.8 Å². The normalized spacial score (nSPS) is 26.2. The molecular formula is C16H30N2O3. The van der Waals surface area contributed by atoms with Gasteiger partial charge in [-0.1, -0.05) is 13.8 Å². The molecule has 1 saturated carbocycles. The van der Waals surface area contributed by atoms with Crippen molar-refractivity contribution in [2.24, 2.45) is 11.8 Å². The van der Waals surface area contributed by atoms with E-state index in [1.807, 2.05) is 20.8 Å². The van der Waals surface area contributed by atoms with Crippen molar-refractivity contribution in [1.82, 2.24) is 10.2 Å². The number of hydrogen-bond donors (Lipinski definition) is 2. The Hall–Kier alpha value is -1.26. The summed E-state index contributed by atoms with van der Waals surface area (Å²) in [7, 11) is 0. The maximum atomic E-state index is 12.5. The Balaban J connectivity index is 2.62. The number of carboxylic acid groups (broad SMARTS) is 1. The van der Waals surface area contributed by atoms with Gasteiger partial charge in [0.15, 0.2) is 0 Å². The summed E-state index contributed by atoms with van der Waals surface area (Å²) in [5.41, 5.74) is -0.382. The third-order valence-corrected chi connectivity index (χ3v) is 4.53. The monoisotopic (exact) mass is 298 g/mol. The lowest BCUT2D eigenvalue weighted by atomic mass is 9.79. The molecule has 122 valence electrons. The van der Waals surface area contributed by atoms with E-state index in [0.29, 0.717) is 11.8 Å². The number of nitrogens with one attached hydrogen (secondary N) is 1. The molecule has 0 radical (unpaired) electrons. The SMILES string of the molecule is CC1CCC(NC(=O)N(CCC(=O)O)C(C)(C)C)CC1C. The molecule has 0 aromatic carbocycles. The van der Waals surface area contributed by atoms with Crippen molar-refractivity contribution < 1.29 is 14.7 Å². The minimum atomic E-state index is -0.878. The van der Waals surface area contributed by atoms with E-state index in [0.717, 1.165) is 19.3 Å². The molecular weight excluding hydrogens is 268 g/mol. The average Bonchev–Trinajstić information content (AvgIpc) is 2.32. The number of carboxylic acids is 1. The van der Waals surface area contributed by atoms with Crippen molar-refractivity contribution in [1.29, 1.82) is 0 Å². The van der Waals surface area contributed by atoms with Crippen LogP contribution in [0.5, 0.6) is 0 Å². The molecule has 21 heavy (non-hydrogen) atoms. The van der Waals surface area contributed by atoms with Gasteiger partial charge in [0.05, 0.1) is 6.42 Å². The van der Waals surface area contributed by atoms with Crippen LogP contribution in [0.4, 0.5) is 4.79 Å². The maximum absolute atomic E-state index is 12.5. The Kier molecular flexibility index (Phi) is 6.05. The summed E-state index contributed by atoms with van der Waals surface area (Å²) in [5, 5.41) is 11.9. The molecule has 2 amide bonds. The standard InChI is InChI=1S/C16H30N2O3/c1-11-6-7-13(10-12(11)2)17-15(21)18(16(3,4)5)9-8-14(19)20/h11-13H,6-10H2,1-5H3,(H,17,21)(H,19,20). The van der Waals surface area contributed by atoms with Crippen LogP contribution in [0.25, 0.3) is 0 Å². The summed E-state index contributed by atoms with van der Waals surface area (Å²) >= 11 is 0. The molecule has 1 aliphatic rings. The number of carbonyl (C=O) groups excluding carboxylic acids is 1. The first-order valence-corrected chi connectivity index (χ1v) is 7.91. The molecule has 1 fully saturated rings. The molecule has 0 saturated heterocycles. The van der Waals surface area contributed by atoms with Gasteiger partial charge in [0, 0.05) is 18.1 Å². The van der Waals surface area contributed by atoms with Crippen molar-refractivity contribution >= 4 is 12.0 Å². The zero-order valence-corrected chi connectivity index (χ0v) is 14.0. The van der Waals surface area contributed by atoms with Gasteiger partial charge in [-0.25, -0.2) is 4.79 Å². The van der Waals surface area contributed by atoms with E-state index < -0.39 is 5.97 Å². The van der Waals surface area contributed by atoms with Gasteiger partial charge in [0.2, 0.25) is 0 Å². The van der Waals surface area contributed by atoms with Crippen LogP contribution in [0.15, 0.2) is 0 Å². The highest BCUT2D eigenvalue weighted by Crippen LogP contribution is 2.29. The summed E-state index contributed by atoms with van der Waals surface area (Å²) in [4.78, 5) is 24.9. The summed E-state index contributed by atoms with van der Waals surface area (Å²) in [5.74, 6) is 0.451. The van der Waals surface area contributed by atoms with Crippen LogP contribution >= 0.6 is 0 Å². The molecule has 0 aromatic rings. The smallest absolute Gasteiger partial charge is 0.318 e. The summed E-state index contributed by atoms with van der Waals surface area (Å²) in [6.07, 6.45) is 3.12. The van der Waals surface area contributed by atoms with Gasteiger partial charge < -0.3 is 15.3 Å². The van der Waals surface area contributed by atoms with E-state index in [1.165, 1.54) is 0 Å². The highest BCUT2D eigenvalue weighted by atomic mass is 16.4. The molecule has 2 N–H and O–H groups in total. The van der Waals surface area contributed by atoms with Crippen LogP contribution in [-0.2, 0) is 4.79 Å². The van der Waals surface area contributed by atoms with E-state index in [9.17, 15) is 9.59 Å². The van der Waals surface area contributed by atoms with E-state index >= 15 is 0 Å². The lowest BCUT2D eigenvalue weighted by Gasteiger charge is -2.38. The summed E-state index contributed by atoms with van der Waals surface area (Å²) in [6, 6.07) is 0.0638. The fraction of sp³-hybridized carbons (Fsp3) is 0.875. The zero-order valence-electron chi connectivity index (χ0n) is 14.0. The number of nitrogens with zero attached hydrogens (tertiary/aromatic N) is 1. The predicted molar refractivity (Wildman–Crippen MR) is 83.2 cm³/mol. The van der Waals surface area contributed by atoms with E-state index in [-0.39, 0.29) is 30.6 Å². The van der Waals surface area contributed by atoms with E-state index in [2.05, 4.69) is 19.2 Å². The van der Waals surface area contributed by atoms with Gasteiger partial charge in [-0.15, -0.1) is 0 Å². The lowest BCUT2D eigenvalue weighted by Crippen LogP contribution is -2.54. The molecule has 0 aromatic heterocycles. The van der Waals surface area contributed by atoms with Crippen LogP contribution in [0.2, 0.25) is 0 Å². The van der Waals surface area contributed by atoms with Crippen LogP contribution < -0.4 is 5.32 Å². The number of carbonyl (C=O) groups is 2. The Morgan fingerprint density at radius 2 is 1.81 bits per heavy atom. The largest absolute Gasteiger partial charge is 0.481 e. The Morgan fingerprint density at radius 1 is 1.19 bits per heavy atom. The van der Waals surface area contributed by atoms with Gasteiger partial charge >= 0.3 is 12.0 Å². The molecule has 3 unspecified atom stereocenters. The molecule has 1 aliphatic carbocycles. The first-order valence-electron chi connectivity index (χ1n) is 7.91. The van der Waals surface area contributed by atoms with Crippen molar-refractivity contribution in [2.45, 2.75) is 71.9 Å². The minimum Gasteiger partial charge on any atom is -0.481 e.